The van der Waals surface area contributed by atoms with Gasteiger partial charge in [0.2, 0.25) is 0 Å². The SMILES string of the molecule is BrCCc1ccc(Br)o1. The first-order valence-corrected chi connectivity index (χ1v) is 4.54. The molecule has 3 heteroatoms. The molecule has 0 fully saturated rings. The number of hydrogen-bond acceptors (Lipinski definition) is 1. The third-order valence-electron chi connectivity index (χ3n) is 0.970. The van der Waals surface area contributed by atoms with Gasteiger partial charge in [-0.25, -0.2) is 0 Å². The number of rotatable bonds is 2. The number of alkyl halides is 1. The highest BCUT2D eigenvalue weighted by molar-refractivity contribution is 9.10. The summed E-state index contributed by atoms with van der Waals surface area (Å²) in [6, 6.07) is 3.86. The molecule has 0 aliphatic carbocycles. The fourth-order valence-corrected chi connectivity index (χ4v) is 1.31. The molecule has 1 heterocycles. The van der Waals surface area contributed by atoms with Gasteiger partial charge in [0.15, 0.2) is 4.67 Å². The summed E-state index contributed by atoms with van der Waals surface area (Å²) in [6.45, 7) is 0. The van der Waals surface area contributed by atoms with Gasteiger partial charge in [0.05, 0.1) is 0 Å². The zero-order valence-electron chi connectivity index (χ0n) is 4.73. The van der Waals surface area contributed by atoms with Crippen molar-refractivity contribution in [3.05, 3.63) is 22.6 Å². The Balaban J connectivity index is 2.61. The summed E-state index contributed by atoms with van der Waals surface area (Å²) in [7, 11) is 0. The molecule has 50 valence electrons. The van der Waals surface area contributed by atoms with E-state index in [4.69, 9.17) is 4.42 Å². The predicted molar refractivity (Wildman–Crippen MR) is 43.9 cm³/mol. The molecular weight excluding hydrogens is 248 g/mol. The topological polar surface area (TPSA) is 13.1 Å². The first-order chi connectivity index (χ1) is 4.33. The average molecular weight is 254 g/mol. The quantitative estimate of drug-likeness (QED) is 0.739. The van der Waals surface area contributed by atoms with Gasteiger partial charge >= 0.3 is 0 Å². The van der Waals surface area contributed by atoms with Gasteiger partial charge < -0.3 is 4.42 Å². The van der Waals surface area contributed by atoms with Crippen LogP contribution in [0.2, 0.25) is 0 Å². The summed E-state index contributed by atoms with van der Waals surface area (Å²) < 4.78 is 6.01. The molecule has 0 bridgehead atoms. The van der Waals surface area contributed by atoms with E-state index < -0.39 is 0 Å². The van der Waals surface area contributed by atoms with E-state index in [2.05, 4.69) is 31.9 Å². The van der Waals surface area contributed by atoms with Gasteiger partial charge in [-0.2, -0.15) is 0 Å². The lowest BCUT2D eigenvalue weighted by molar-refractivity contribution is 0.495. The van der Waals surface area contributed by atoms with E-state index in [-0.39, 0.29) is 0 Å². The van der Waals surface area contributed by atoms with Gasteiger partial charge in [-0.15, -0.1) is 0 Å². The van der Waals surface area contributed by atoms with Crippen molar-refractivity contribution in [1.82, 2.24) is 0 Å². The number of aryl methyl sites for hydroxylation is 1. The van der Waals surface area contributed by atoms with Crippen molar-refractivity contribution in [3.8, 4) is 0 Å². The Morgan fingerprint density at radius 3 is 2.67 bits per heavy atom. The molecular formula is C6H6Br2O. The van der Waals surface area contributed by atoms with Gasteiger partial charge in [0.25, 0.3) is 0 Å². The molecule has 1 aromatic rings. The summed E-state index contributed by atoms with van der Waals surface area (Å²) in [6.07, 6.45) is 0.950. The molecule has 0 aliphatic heterocycles. The van der Waals surface area contributed by atoms with Crippen LogP contribution >= 0.6 is 31.9 Å². The standard InChI is InChI=1S/C6H6Br2O/c7-4-3-5-1-2-6(8)9-5/h1-2H,3-4H2. The lowest BCUT2D eigenvalue weighted by Gasteiger charge is -1.86. The molecule has 0 N–H and O–H groups in total. The molecule has 1 rings (SSSR count). The number of halogens is 2. The Morgan fingerprint density at radius 2 is 2.22 bits per heavy atom. The van der Waals surface area contributed by atoms with Crippen molar-refractivity contribution in [1.29, 1.82) is 0 Å². The second kappa shape index (κ2) is 3.42. The fourth-order valence-electron chi connectivity index (χ4n) is 0.579. The zero-order valence-corrected chi connectivity index (χ0v) is 7.91. The molecule has 0 saturated heterocycles. The molecule has 0 radical (unpaired) electrons. The van der Waals surface area contributed by atoms with Gasteiger partial charge in [0, 0.05) is 11.8 Å². The molecule has 0 spiro atoms. The fraction of sp³-hybridized carbons (Fsp3) is 0.333. The molecule has 0 amide bonds. The summed E-state index contributed by atoms with van der Waals surface area (Å²) in [4.78, 5) is 0. The minimum absolute atomic E-state index is 0.804. The van der Waals surface area contributed by atoms with E-state index in [1.54, 1.807) is 0 Å². The third-order valence-corrected chi connectivity index (χ3v) is 1.79. The molecule has 0 saturated carbocycles. The Labute approximate surface area is 70.7 Å². The van der Waals surface area contributed by atoms with E-state index >= 15 is 0 Å². The second-order valence-electron chi connectivity index (χ2n) is 1.64. The highest BCUT2D eigenvalue weighted by Gasteiger charge is 1.95. The predicted octanol–water partition coefficient (Wildman–Crippen LogP) is 2.98. The summed E-state index contributed by atoms with van der Waals surface area (Å²) in [5, 5.41) is 0.951. The summed E-state index contributed by atoms with van der Waals surface area (Å²) >= 11 is 6.54. The molecule has 0 unspecified atom stereocenters. The van der Waals surface area contributed by atoms with E-state index in [1.165, 1.54) is 0 Å². The zero-order chi connectivity index (χ0) is 6.69. The van der Waals surface area contributed by atoms with E-state index in [0.717, 1.165) is 22.2 Å². The van der Waals surface area contributed by atoms with Crippen LogP contribution < -0.4 is 0 Å². The van der Waals surface area contributed by atoms with Crippen LogP contribution in [0.1, 0.15) is 5.76 Å². The summed E-state index contributed by atoms with van der Waals surface area (Å²) in [5.41, 5.74) is 0. The van der Waals surface area contributed by atoms with Gasteiger partial charge in [-0.1, -0.05) is 15.9 Å². The van der Waals surface area contributed by atoms with Crippen LogP contribution in [0, 0.1) is 0 Å². The van der Waals surface area contributed by atoms with Crippen molar-refractivity contribution >= 4 is 31.9 Å². The van der Waals surface area contributed by atoms with E-state index in [9.17, 15) is 0 Å². The average Bonchev–Trinajstić information content (AvgIpc) is 2.17. The Bertz CT molecular complexity index is 183. The van der Waals surface area contributed by atoms with Gasteiger partial charge in [0.1, 0.15) is 5.76 Å². The maximum atomic E-state index is 5.21. The van der Waals surface area contributed by atoms with Crippen LogP contribution in [0.15, 0.2) is 21.2 Å². The number of furan rings is 1. The molecule has 0 aliphatic rings. The van der Waals surface area contributed by atoms with Gasteiger partial charge in [-0.05, 0) is 28.1 Å². The smallest absolute Gasteiger partial charge is 0.169 e. The molecule has 9 heavy (non-hydrogen) atoms. The van der Waals surface area contributed by atoms with Gasteiger partial charge in [-0.3, -0.25) is 0 Å². The maximum absolute atomic E-state index is 5.21. The van der Waals surface area contributed by atoms with Crippen molar-refractivity contribution in [2.45, 2.75) is 6.42 Å². The summed E-state index contributed by atoms with van der Waals surface area (Å²) in [5.74, 6) is 1.01. The van der Waals surface area contributed by atoms with Crippen LogP contribution in [0.3, 0.4) is 0 Å². The van der Waals surface area contributed by atoms with Crippen molar-refractivity contribution in [2.75, 3.05) is 5.33 Å². The van der Waals surface area contributed by atoms with E-state index in [0.29, 0.717) is 0 Å². The first-order valence-electron chi connectivity index (χ1n) is 2.63. The van der Waals surface area contributed by atoms with Crippen LogP contribution in [0.25, 0.3) is 0 Å². The van der Waals surface area contributed by atoms with E-state index in [1.807, 2.05) is 12.1 Å². The van der Waals surface area contributed by atoms with Crippen LogP contribution in [-0.4, -0.2) is 5.33 Å². The maximum Gasteiger partial charge on any atom is 0.169 e. The van der Waals surface area contributed by atoms with Crippen LogP contribution in [0.4, 0.5) is 0 Å². The highest BCUT2D eigenvalue weighted by Crippen LogP contribution is 2.14. The normalized spacial score (nSPS) is 10.0. The molecule has 0 atom stereocenters. The monoisotopic (exact) mass is 252 g/mol. The van der Waals surface area contributed by atoms with Crippen LogP contribution in [-0.2, 0) is 6.42 Å². The third kappa shape index (κ3) is 2.14. The highest BCUT2D eigenvalue weighted by atomic mass is 79.9. The van der Waals surface area contributed by atoms with Crippen molar-refractivity contribution in [3.63, 3.8) is 0 Å². The molecule has 0 aromatic carbocycles. The molecule has 1 aromatic heterocycles. The second-order valence-corrected chi connectivity index (χ2v) is 3.22. The number of hydrogen-bond donors (Lipinski definition) is 0. The largest absolute Gasteiger partial charge is 0.454 e. The Morgan fingerprint density at radius 1 is 1.44 bits per heavy atom. The van der Waals surface area contributed by atoms with Crippen molar-refractivity contribution < 1.29 is 4.42 Å². The molecule has 1 nitrogen and oxygen atoms in total. The lowest BCUT2D eigenvalue weighted by Crippen LogP contribution is -1.78. The Hall–Kier alpha value is 0.240. The minimum Gasteiger partial charge on any atom is -0.454 e. The first kappa shape index (κ1) is 7.35. The van der Waals surface area contributed by atoms with Crippen molar-refractivity contribution in [2.24, 2.45) is 0 Å². The van der Waals surface area contributed by atoms with Crippen LogP contribution in [0.5, 0.6) is 0 Å². The minimum atomic E-state index is 0.804. The Kier molecular flexibility index (Phi) is 2.79. The lowest BCUT2D eigenvalue weighted by atomic mass is 10.4.